The van der Waals surface area contributed by atoms with Gasteiger partial charge in [-0.1, -0.05) is 66.7 Å². The van der Waals surface area contributed by atoms with Gasteiger partial charge in [0.25, 0.3) is 11.8 Å². The molecule has 37 heavy (non-hydrogen) atoms. The normalized spacial score (nSPS) is 11.8. The number of carbonyl (C=O) groups excluding carboxylic acids is 3. The molecule has 0 aliphatic heterocycles. The Bertz CT molecular complexity index is 1620. The standard InChI is InChI=1S/C27H25N7O3/c1-29-32-25(35)23-21(16-11-5-7-13-18(16)30-23)20(15-9-3-2-4-10-15)22-17-12-6-8-14-19(17)31-24(22)26(36)33-34-27(28)37/h2-14,20,29-31H,1H3,(H,32,35)(H,33,36)(H3,28,34,37). The predicted octanol–water partition coefficient (Wildman–Crippen LogP) is 3.01. The highest BCUT2D eigenvalue weighted by Gasteiger charge is 2.32. The topological polar surface area (TPSA) is 157 Å². The van der Waals surface area contributed by atoms with Crippen LogP contribution in [0, 0.1) is 0 Å². The van der Waals surface area contributed by atoms with Crippen LogP contribution in [0.1, 0.15) is 43.6 Å². The Labute approximate surface area is 211 Å². The minimum atomic E-state index is -0.895. The van der Waals surface area contributed by atoms with Crippen molar-refractivity contribution in [3.05, 3.63) is 107 Å². The van der Waals surface area contributed by atoms with Crippen molar-refractivity contribution in [2.24, 2.45) is 5.73 Å². The van der Waals surface area contributed by atoms with E-state index in [9.17, 15) is 14.4 Å². The van der Waals surface area contributed by atoms with E-state index < -0.39 is 17.9 Å². The van der Waals surface area contributed by atoms with E-state index in [4.69, 9.17) is 5.73 Å². The second kappa shape index (κ2) is 9.88. The van der Waals surface area contributed by atoms with Crippen LogP contribution in [0.5, 0.6) is 0 Å². The first-order valence-corrected chi connectivity index (χ1v) is 11.6. The van der Waals surface area contributed by atoms with Gasteiger partial charge in [-0.2, -0.15) is 0 Å². The number of urea groups is 1. The number of amides is 4. The van der Waals surface area contributed by atoms with Crippen molar-refractivity contribution < 1.29 is 14.4 Å². The van der Waals surface area contributed by atoms with Gasteiger partial charge in [-0.3, -0.25) is 20.4 Å². The number of benzene rings is 3. The van der Waals surface area contributed by atoms with Crippen LogP contribution in [0.3, 0.4) is 0 Å². The fraction of sp³-hybridized carbons (Fsp3) is 0.0741. The molecule has 1 unspecified atom stereocenters. The number of hydrogen-bond acceptors (Lipinski definition) is 4. The second-order valence-corrected chi connectivity index (χ2v) is 8.41. The first kappa shape index (κ1) is 23.6. The average Bonchev–Trinajstić information content (AvgIpc) is 3.48. The summed E-state index contributed by atoms with van der Waals surface area (Å²) in [6.45, 7) is 0. The van der Waals surface area contributed by atoms with E-state index in [2.05, 4.69) is 31.7 Å². The molecule has 1 atom stereocenters. The molecule has 0 saturated heterocycles. The van der Waals surface area contributed by atoms with Crippen molar-refractivity contribution in [2.75, 3.05) is 7.05 Å². The molecular formula is C27H25N7O3. The van der Waals surface area contributed by atoms with Crippen molar-refractivity contribution in [3.63, 3.8) is 0 Å². The molecule has 5 aromatic rings. The van der Waals surface area contributed by atoms with Crippen LogP contribution in [0.25, 0.3) is 21.8 Å². The van der Waals surface area contributed by atoms with Crippen LogP contribution < -0.4 is 27.4 Å². The fourth-order valence-electron chi connectivity index (χ4n) is 4.77. The van der Waals surface area contributed by atoms with Gasteiger partial charge in [-0.05, 0) is 17.7 Å². The minimum absolute atomic E-state index is 0.231. The number of nitrogens with one attached hydrogen (secondary N) is 6. The molecule has 0 radical (unpaired) electrons. The number of aromatic nitrogens is 2. The van der Waals surface area contributed by atoms with Crippen molar-refractivity contribution in [1.82, 2.24) is 31.7 Å². The predicted molar refractivity (Wildman–Crippen MR) is 141 cm³/mol. The molecule has 0 aliphatic rings. The summed E-state index contributed by atoms with van der Waals surface area (Å²) in [7, 11) is 1.61. The van der Waals surface area contributed by atoms with E-state index >= 15 is 0 Å². The zero-order valence-electron chi connectivity index (χ0n) is 19.9. The molecule has 5 rings (SSSR count). The van der Waals surface area contributed by atoms with Gasteiger partial charge in [0.15, 0.2) is 0 Å². The number of nitrogens with two attached hydrogens (primary N) is 1. The number of carbonyl (C=O) groups is 3. The first-order chi connectivity index (χ1) is 18.0. The third-order valence-electron chi connectivity index (χ3n) is 6.19. The molecule has 0 fully saturated rings. The van der Waals surface area contributed by atoms with E-state index in [0.717, 1.165) is 27.4 Å². The second-order valence-electron chi connectivity index (χ2n) is 8.41. The molecular weight excluding hydrogens is 470 g/mol. The maximum atomic E-state index is 13.3. The van der Waals surface area contributed by atoms with Crippen molar-refractivity contribution in [1.29, 1.82) is 0 Å². The maximum absolute atomic E-state index is 13.3. The molecule has 3 aromatic carbocycles. The lowest BCUT2D eigenvalue weighted by molar-refractivity contribution is 0.0926. The highest BCUT2D eigenvalue weighted by molar-refractivity contribution is 6.05. The van der Waals surface area contributed by atoms with E-state index in [1.54, 1.807) is 7.05 Å². The Morgan fingerprint density at radius 3 is 1.68 bits per heavy atom. The number of para-hydroxylation sites is 2. The molecule has 0 aliphatic carbocycles. The SMILES string of the molecule is CNNC(=O)c1[nH]c2ccccc2c1C(c1ccccc1)c1c(C(=O)NNC(N)=O)[nH]c2ccccc12. The smallest absolute Gasteiger partial charge is 0.330 e. The van der Waals surface area contributed by atoms with Crippen LogP contribution >= 0.6 is 0 Å². The number of aromatic amines is 2. The van der Waals surface area contributed by atoms with Crippen LogP contribution in [0.4, 0.5) is 4.79 Å². The third kappa shape index (κ3) is 4.37. The average molecular weight is 496 g/mol. The van der Waals surface area contributed by atoms with Gasteiger partial charge in [0.05, 0.1) is 0 Å². The van der Waals surface area contributed by atoms with Crippen molar-refractivity contribution in [3.8, 4) is 0 Å². The number of primary amides is 1. The highest BCUT2D eigenvalue weighted by atomic mass is 16.2. The molecule has 0 spiro atoms. The maximum Gasteiger partial charge on any atom is 0.330 e. The number of fused-ring (bicyclic) bond motifs is 2. The lowest BCUT2D eigenvalue weighted by atomic mass is 9.81. The Kier molecular flexibility index (Phi) is 6.31. The fourth-order valence-corrected chi connectivity index (χ4v) is 4.77. The first-order valence-electron chi connectivity index (χ1n) is 11.6. The van der Waals surface area contributed by atoms with Crippen LogP contribution in [-0.4, -0.2) is 34.9 Å². The van der Waals surface area contributed by atoms with Gasteiger partial charge in [-0.15, -0.1) is 0 Å². The van der Waals surface area contributed by atoms with Crippen LogP contribution in [0.15, 0.2) is 78.9 Å². The quantitative estimate of drug-likeness (QED) is 0.181. The molecule has 4 amide bonds. The molecule has 0 saturated carbocycles. The zero-order valence-corrected chi connectivity index (χ0v) is 19.9. The summed E-state index contributed by atoms with van der Waals surface area (Å²) < 4.78 is 0. The summed E-state index contributed by atoms with van der Waals surface area (Å²) in [5.41, 5.74) is 19.3. The lowest BCUT2D eigenvalue weighted by Crippen LogP contribution is -2.44. The zero-order chi connectivity index (χ0) is 25.9. The number of H-pyrrole nitrogens is 2. The molecule has 8 N–H and O–H groups in total. The van der Waals surface area contributed by atoms with Gasteiger partial charge >= 0.3 is 6.03 Å². The van der Waals surface area contributed by atoms with E-state index in [0.29, 0.717) is 16.8 Å². The minimum Gasteiger partial charge on any atom is -0.350 e. The Morgan fingerprint density at radius 1 is 0.676 bits per heavy atom. The summed E-state index contributed by atoms with van der Waals surface area (Å²) in [4.78, 5) is 44.3. The van der Waals surface area contributed by atoms with Gasteiger partial charge in [0.2, 0.25) is 0 Å². The van der Waals surface area contributed by atoms with Gasteiger partial charge in [-0.25, -0.2) is 15.6 Å². The van der Waals surface area contributed by atoms with E-state index in [-0.39, 0.29) is 11.6 Å². The van der Waals surface area contributed by atoms with Gasteiger partial charge in [0, 0.05) is 45.9 Å². The largest absolute Gasteiger partial charge is 0.350 e. The van der Waals surface area contributed by atoms with E-state index in [1.807, 2.05) is 78.9 Å². The molecule has 0 bridgehead atoms. The number of hydrogen-bond donors (Lipinski definition) is 7. The summed E-state index contributed by atoms with van der Waals surface area (Å²) >= 11 is 0. The van der Waals surface area contributed by atoms with Crippen LogP contribution in [-0.2, 0) is 0 Å². The Balaban J connectivity index is 1.85. The monoisotopic (exact) mass is 495 g/mol. The summed E-state index contributed by atoms with van der Waals surface area (Å²) in [5.74, 6) is -1.47. The molecule has 2 aromatic heterocycles. The molecule has 10 nitrogen and oxygen atoms in total. The Morgan fingerprint density at radius 2 is 1.16 bits per heavy atom. The van der Waals surface area contributed by atoms with Crippen molar-refractivity contribution in [2.45, 2.75) is 5.92 Å². The summed E-state index contributed by atoms with van der Waals surface area (Å²) in [6.07, 6.45) is 0. The number of hydrazine groups is 2. The van der Waals surface area contributed by atoms with Crippen LogP contribution in [0.2, 0.25) is 0 Å². The summed E-state index contributed by atoms with van der Waals surface area (Å²) in [5, 5.41) is 1.63. The highest BCUT2D eigenvalue weighted by Crippen LogP contribution is 2.42. The Hall–Kier alpha value is -5.09. The molecule has 10 heteroatoms. The lowest BCUT2D eigenvalue weighted by Gasteiger charge is -2.21. The van der Waals surface area contributed by atoms with E-state index in [1.165, 1.54) is 0 Å². The third-order valence-corrected chi connectivity index (χ3v) is 6.19. The van der Waals surface area contributed by atoms with Crippen molar-refractivity contribution >= 4 is 39.7 Å². The molecule has 2 heterocycles. The summed E-state index contributed by atoms with van der Waals surface area (Å²) in [6, 6.07) is 23.9. The molecule has 186 valence electrons. The van der Waals surface area contributed by atoms with Gasteiger partial charge in [0.1, 0.15) is 11.4 Å². The van der Waals surface area contributed by atoms with Gasteiger partial charge < -0.3 is 15.7 Å². The number of rotatable bonds is 6.